The molecule has 0 aliphatic heterocycles. The lowest BCUT2D eigenvalue weighted by Gasteiger charge is -2.10. The van der Waals surface area contributed by atoms with Crippen molar-refractivity contribution in [3.63, 3.8) is 0 Å². The van der Waals surface area contributed by atoms with Crippen LogP contribution in [0, 0.1) is 0 Å². The molecular weight excluding hydrogens is 426 g/mol. The maximum atomic E-state index is 12.4. The minimum Gasteiger partial charge on any atom is -0.494 e. The number of nitrogens with one attached hydrogen (secondary N) is 1. The number of aromatic nitrogens is 2. The molecule has 1 aromatic heterocycles. The second-order valence-corrected chi connectivity index (χ2v) is 7.17. The predicted octanol–water partition coefficient (Wildman–Crippen LogP) is 2.00. The minimum absolute atomic E-state index is 0.00670. The highest BCUT2D eigenvalue weighted by Gasteiger charge is 2.12. The second-order valence-electron chi connectivity index (χ2n) is 7.17. The Labute approximate surface area is 191 Å². The van der Waals surface area contributed by atoms with E-state index in [1.807, 2.05) is 19.1 Å². The van der Waals surface area contributed by atoms with E-state index in [4.69, 9.17) is 14.2 Å². The average Bonchev–Trinajstić information content (AvgIpc) is 2.83. The molecule has 1 amide bonds. The first kappa shape index (κ1) is 23.8. The molecule has 33 heavy (non-hydrogen) atoms. The molecule has 0 saturated carbocycles. The van der Waals surface area contributed by atoms with Crippen LogP contribution in [0.5, 0.6) is 11.5 Å². The number of esters is 1. The van der Waals surface area contributed by atoms with Crippen LogP contribution in [0.25, 0.3) is 10.9 Å². The molecule has 3 aromatic rings. The van der Waals surface area contributed by atoms with Crippen LogP contribution >= 0.6 is 0 Å². The monoisotopic (exact) mass is 453 g/mol. The molecule has 0 aliphatic carbocycles. The number of carbonyl (C=O) groups is 2. The van der Waals surface area contributed by atoms with Gasteiger partial charge in [-0.25, -0.2) is 4.98 Å². The van der Waals surface area contributed by atoms with Crippen molar-refractivity contribution in [1.29, 1.82) is 0 Å². The van der Waals surface area contributed by atoms with Crippen molar-refractivity contribution >= 4 is 22.8 Å². The lowest BCUT2D eigenvalue weighted by Crippen LogP contribution is -2.32. The Balaban J connectivity index is 1.36. The summed E-state index contributed by atoms with van der Waals surface area (Å²) in [4.78, 5) is 40.7. The number of aryl methyl sites for hydroxylation is 1. The van der Waals surface area contributed by atoms with Gasteiger partial charge in [-0.15, -0.1) is 0 Å². The van der Waals surface area contributed by atoms with Crippen molar-refractivity contribution in [2.75, 3.05) is 26.4 Å². The molecule has 0 bridgehead atoms. The van der Waals surface area contributed by atoms with Gasteiger partial charge in [0, 0.05) is 13.5 Å². The first-order chi connectivity index (χ1) is 16.0. The zero-order valence-electron chi connectivity index (χ0n) is 18.7. The summed E-state index contributed by atoms with van der Waals surface area (Å²) in [6.07, 6.45) is 0.236. The van der Waals surface area contributed by atoms with Crippen LogP contribution in [-0.4, -0.2) is 47.8 Å². The van der Waals surface area contributed by atoms with Crippen molar-refractivity contribution in [1.82, 2.24) is 14.9 Å². The predicted molar refractivity (Wildman–Crippen MR) is 122 cm³/mol. The van der Waals surface area contributed by atoms with Gasteiger partial charge < -0.3 is 19.5 Å². The van der Waals surface area contributed by atoms with Gasteiger partial charge in [-0.05, 0) is 43.3 Å². The van der Waals surface area contributed by atoms with Crippen LogP contribution < -0.4 is 20.3 Å². The van der Waals surface area contributed by atoms with Gasteiger partial charge in [-0.1, -0.05) is 12.1 Å². The number of benzene rings is 2. The van der Waals surface area contributed by atoms with Crippen LogP contribution in [0.2, 0.25) is 0 Å². The fourth-order valence-corrected chi connectivity index (χ4v) is 3.13. The SMILES string of the molecule is CCOc1ccc(OCCNC(=O)COC(=O)CCc2nc3ccccc3c(=O)n2C)cc1. The molecule has 0 fully saturated rings. The fraction of sp³-hybridized carbons (Fsp3) is 0.333. The van der Waals surface area contributed by atoms with Crippen molar-refractivity contribution in [3.8, 4) is 11.5 Å². The summed E-state index contributed by atoms with van der Waals surface area (Å²) in [7, 11) is 1.62. The molecule has 174 valence electrons. The molecule has 3 rings (SSSR count). The van der Waals surface area contributed by atoms with Crippen LogP contribution in [0.3, 0.4) is 0 Å². The maximum Gasteiger partial charge on any atom is 0.306 e. The number of fused-ring (bicyclic) bond motifs is 1. The second kappa shape index (κ2) is 11.7. The molecule has 0 saturated heterocycles. The van der Waals surface area contributed by atoms with Gasteiger partial charge in [0.05, 0.1) is 30.5 Å². The Morgan fingerprint density at radius 3 is 2.45 bits per heavy atom. The average molecular weight is 453 g/mol. The van der Waals surface area contributed by atoms with Gasteiger partial charge in [0.2, 0.25) is 0 Å². The van der Waals surface area contributed by atoms with Crippen LogP contribution in [-0.2, 0) is 27.8 Å². The highest BCUT2D eigenvalue weighted by Crippen LogP contribution is 2.17. The number of carbonyl (C=O) groups excluding carboxylic acids is 2. The van der Waals surface area contributed by atoms with Crippen molar-refractivity contribution in [2.24, 2.45) is 7.05 Å². The minimum atomic E-state index is -0.543. The van der Waals surface area contributed by atoms with Gasteiger partial charge >= 0.3 is 5.97 Å². The number of hydrogen-bond donors (Lipinski definition) is 1. The Kier molecular flexibility index (Phi) is 8.40. The van der Waals surface area contributed by atoms with Crippen molar-refractivity contribution in [3.05, 3.63) is 64.7 Å². The first-order valence-electron chi connectivity index (χ1n) is 10.7. The maximum absolute atomic E-state index is 12.4. The Bertz CT molecular complexity index is 1160. The third-order valence-electron chi connectivity index (χ3n) is 4.82. The highest BCUT2D eigenvalue weighted by molar-refractivity contribution is 5.80. The van der Waals surface area contributed by atoms with Gasteiger partial charge in [0.15, 0.2) is 6.61 Å². The van der Waals surface area contributed by atoms with E-state index in [1.54, 1.807) is 43.4 Å². The zero-order chi connectivity index (χ0) is 23.6. The summed E-state index contributed by atoms with van der Waals surface area (Å²) >= 11 is 0. The molecule has 9 nitrogen and oxygen atoms in total. The van der Waals surface area contributed by atoms with Crippen LogP contribution in [0.4, 0.5) is 0 Å². The summed E-state index contributed by atoms with van der Waals surface area (Å²) < 4.78 is 17.3. The summed E-state index contributed by atoms with van der Waals surface area (Å²) in [5.74, 6) is 0.939. The van der Waals surface area contributed by atoms with Crippen molar-refractivity contribution in [2.45, 2.75) is 19.8 Å². The van der Waals surface area contributed by atoms with E-state index < -0.39 is 11.9 Å². The molecule has 1 heterocycles. The molecule has 0 aliphatic rings. The van der Waals surface area contributed by atoms with E-state index >= 15 is 0 Å². The summed E-state index contributed by atoms with van der Waals surface area (Å²) in [5, 5.41) is 3.15. The lowest BCUT2D eigenvalue weighted by molar-refractivity contribution is -0.148. The van der Waals surface area contributed by atoms with E-state index in [0.717, 1.165) is 5.75 Å². The molecule has 9 heteroatoms. The van der Waals surface area contributed by atoms with Crippen LogP contribution in [0.15, 0.2) is 53.3 Å². The third kappa shape index (κ3) is 6.80. The number of amides is 1. The molecule has 0 unspecified atom stereocenters. The summed E-state index contributed by atoms with van der Waals surface area (Å²) in [6.45, 7) is 2.67. The highest BCUT2D eigenvalue weighted by atomic mass is 16.5. The first-order valence-corrected chi connectivity index (χ1v) is 10.7. The largest absolute Gasteiger partial charge is 0.494 e. The van der Waals surface area contributed by atoms with Gasteiger partial charge in [-0.3, -0.25) is 19.0 Å². The van der Waals surface area contributed by atoms with Gasteiger partial charge in [0.1, 0.15) is 23.9 Å². The summed E-state index contributed by atoms with van der Waals surface area (Å²) in [6, 6.07) is 14.2. The molecule has 0 spiro atoms. The molecule has 0 atom stereocenters. The van der Waals surface area contributed by atoms with Gasteiger partial charge in [0.25, 0.3) is 11.5 Å². The Morgan fingerprint density at radius 2 is 1.73 bits per heavy atom. The number of nitrogens with zero attached hydrogens (tertiary/aromatic N) is 2. The normalized spacial score (nSPS) is 10.6. The smallest absolute Gasteiger partial charge is 0.306 e. The van der Waals surface area contributed by atoms with E-state index in [-0.39, 0.29) is 38.2 Å². The Hall–Kier alpha value is -3.88. The quantitative estimate of drug-likeness (QED) is 0.349. The molecule has 2 aromatic carbocycles. The topological polar surface area (TPSA) is 109 Å². The molecular formula is C24H27N3O6. The third-order valence-corrected chi connectivity index (χ3v) is 4.82. The zero-order valence-corrected chi connectivity index (χ0v) is 18.7. The molecule has 1 N–H and O–H groups in total. The van der Waals surface area contributed by atoms with E-state index in [9.17, 15) is 14.4 Å². The number of para-hydroxylation sites is 1. The standard InChI is InChI=1S/C24H27N3O6/c1-3-31-17-8-10-18(11-9-17)32-15-14-25-22(28)16-33-23(29)13-12-21-26-20-7-5-4-6-19(20)24(30)27(21)2/h4-11H,3,12-16H2,1-2H3,(H,25,28). The summed E-state index contributed by atoms with van der Waals surface area (Å²) in [5.41, 5.74) is 0.409. The van der Waals surface area contributed by atoms with E-state index in [2.05, 4.69) is 10.3 Å². The van der Waals surface area contributed by atoms with Gasteiger partial charge in [-0.2, -0.15) is 0 Å². The number of rotatable bonds is 11. The number of ether oxygens (including phenoxy) is 3. The molecule has 0 radical (unpaired) electrons. The van der Waals surface area contributed by atoms with Crippen LogP contribution in [0.1, 0.15) is 19.2 Å². The Morgan fingerprint density at radius 1 is 1.03 bits per heavy atom. The van der Waals surface area contributed by atoms with Crippen molar-refractivity contribution < 1.29 is 23.8 Å². The number of hydrogen-bond acceptors (Lipinski definition) is 7. The van der Waals surface area contributed by atoms with E-state index in [0.29, 0.717) is 29.1 Å². The lowest BCUT2D eigenvalue weighted by atomic mass is 10.2. The fourth-order valence-electron chi connectivity index (χ4n) is 3.13. The van der Waals surface area contributed by atoms with E-state index in [1.165, 1.54) is 4.57 Å².